The number of hydrogen-bond acceptors (Lipinski definition) is 3. The molecule has 0 amide bonds. The van der Waals surface area contributed by atoms with Crippen LogP contribution in [0.4, 0.5) is 5.69 Å². The van der Waals surface area contributed by atoms with Gasteiger partial charge in [0.2, 0.25) is 0 Å². The number of aliphatic hydroxyl groups excluding tert-OH is 1. The van der Waals surface area contributed by atoms with Gasteiger partial charge in [-0.05, 0) is 18.6 Å². The lowest BCUT2D eigenvalue weighted by Crippen LogP contribution is -2.06. The van der Waals surface area contributed by atoms with Gasteiger partial charge in [0.1, 0.15) is 0 Å². The molecule has 0 spiro atoms. The van der Waals surface area contributed by atoms with Crippen molar-refractivity contribution < 1.29 is 5.11 Å². The van der Waals surface area contributed by atoms with Crippen molar-refractivity contribution in [2.24, 2.45) is 0 Å². The van der Waals surface area contributed by atoms with Crippen molar-refractivity contribution >= 4 is 16.6 Å². The summed E-state index contributed by atoms with van der Waals surface area (Å²) in [6.45, 7) is 2.74. The summed E-state index contributed by atoms with van der Waals surface area (Å²) in [5, 5.41) is 13.1. The van der Waals surface area contributed by atoms with Crippen LogP contribution in [-0.4, -0.2) is 23.2 Å². The van der Waals surface area contributed by atoms with E-state index in [1.165, 1.54) is 5.56 Å². The maximum atomic E-state index is 8.78. The van der Waals surface area contributed by atoms with Gasteiger partial charge in [-0.3, -0.25) is 4.98 Å². The highest BCUT2D eigenvalue weighted by atomic mass is 16.3. The first kappa shape index (κ1) is 9.93. The molecule has 2 aromatic rings. The maximum Gasteiger partial charge on any atom is 0.0751 e. The van der Waals surface area contributed by atoms with Gasteiger partial charge in [-0.1, -0.05) is 18.2 Å². The van der Waals surface area contributed by atoms with E-state index in [4.69, 9.17) is 5.11 Å². The summed E-state index contributed by atoms with van der Waals surface area (Å²) < 4.78 is 0. The Morgan fingerprint density at radius 2 is 2.20 bits per heavy atom. The molecule has 0 aliphatic carbocycles. The van der Waals surface area contributed by atoms with E-state index >= 15 is 0 Å². The first-order valence-electron chi connectivity index (χ1n) is 5.02. The number of hydrogen-bond donors (Lipinski definition) is 2. The van der Waals surface area contributed by atoms with E-state index in [0.29, 0.717) is 6.54 Å². The molecule has 1 aromatic carbocycles. The average molecular weight is 202 g/mol. The summed E-state index contributed by atoms with van der Waals surface area (Å²) in [4.78, 5) is 4.35. The molecule has 3 heteroatoms. The summed E-state index contributed by atoms with van der Waals surface area (Å²) in [6.07, 6.45) is 1.79. The molecule has 2 rings (SSSR count). The van der Waals surface area contributed by atoms with Crippen molar-refractivity contribution in [1.29, 1.82) is 0 Å². The lowest BCUT2D eigenvalue weighted by molar-refractivity contribution is 0.311. The lowest BCUT2D eigenvalue weighted by atomic mass is 10.1. The Labute approximate surface area is 88.8 Å². The van der Waals surface area contributed by atoms with Crippen LogP contribution in [0.5, 0.6) is 0 Å². The Bertz CT molecular complexity index is 468. The number of aromatic nitrogens is 1. The number of aliphatic hydroxyl groups is 1. The Hall–Kier alpha value is -1.61. The van der Waals surface area contributed by atoms with Gasteiger partial charge in [-0.25, -0.2) is 0 Å². The largest absolute Gasteiger partial charge is 0.395 e. The third-order valence-corrected chi connectivity index (χ3v) is 2.40. The molecule has 2 N–H and O–H groups in total. The van der Waals surface area contributed by atoms with E-state index in [1.54, 1.807) is 6.20 Å². The molecule has 0 saturated heterocycles. The van der Waals surface area contributed by atoms with Gasteiger partial charge >= 0.3 is 0 Å². The van der Waals surface area contributed by atoms with Gasteiger partial charge in [0.15, 0.2) is 0 Å². The molecule has 0 saturated carbocycles. The highest BCUT2D eigenvalue weighted by Crippen LogP contribution is 2.23. The number of nitrogens with zero attached hydrogens (tertiary/aromatic N) is 1. The predicted molar refractivity (Wildman–Crippen MR) is 62.1 cm³/mol. The van der Waals surface area contributed by atoms with Crippen molar-refractivity contribution in [2.75, 3.05) is 18.5 Å². The van der Waals surface area contributed by atoms with Crippen molar-refractivity contribution in [3.63, 3.8) is 0 Å². The first-order valence-corrected chi connectivity index (χ1v) is 5.02. The molecular weight excluding hydrogens is 188 g/mol. The Morgan fingerprint density at radius 1 is 1.33 bits per heavy atom. The van der Waals surface area contributed by atoms with Gasteiger partial charge in [0.05, 0.1) is 12.1 Å². The predicted octanol–water partition coefficient (Wildman–Crippen LogP) is 1.95. The zero-order chi connectivity index (χ0) is 10.7. The summed E-state index contributed by atoms with van der Waals surface area (Å²) in [5.41, 5.74) is 3.21. The van der Waals surface area contributed by atoms with Crippen molar-refractivity contribution in [3.8, 4) is 0 Å². The molecule has 3 nitrogen and oxygen atoms in total. The Balaban J connectivity index is 2.51. The lowest BCUT2D eigenvalue weighted by Gasteiger charge is -2.08. The quantitative estimate of drug-likeness (QED) is 0.799. The minimum atomic E-state index is 0.135. The summed E-state index contributed by atoms with van der Waals surface area (Å²) in [6, 6.07) is 8.03. The van der Waals surface area contributed by atoms with Crippen LogP contribution in [0.15, 0.2) is 30.5 Å². The number of para-hydroxylation sites is 1. The van der Waals surface area contributed by atoms with Crippen LogP contribution < -0.4 is 5.32 Å². The van der Waals surface area contributed by atoms with Crippen molar-refractivity contribution in [1.82, 2.24) is 4.98 Å². The monoisotopic (exact) mass is 202 g/mol. The molecule has 0 bridgehead atoms. The van der Waals surface area contributed by atoms with Gasteiger partial charge in [-0.2, -0.15) is 0 Å². The third-order valence-electron chi connectivity index (χ3n) is 2.40. The number of aryl methyl sites for hydroxylation is 1. The minimum absolute atomic E-state index is 0.135. The maximum absolute atomic E-state index is 8.78. The highest BCUT2D eigenvalue weighted by Gasteiger charge is 2.02. The Kier molecular flexibility index (Phi) is 2.83. The van der Waals surface area contributed by atoms with Crippen LogP contribution in [0.2, 0.25) is 0 Å². The molecule has 0 aliphatic rings. The first-order chi connectivity index (χ1) is 7.33. The van der Waals surface area contributed by atoms with E-state index in [-0.39, 0.29) is 6.61 Å². The van der Waals surface area contributed by atoms with E-state index < -0.39 is 0 Å². The summed E-state index contributed by atoms with van der Waals surface area (Å²) in [7, 11) is 0. The highest BCUT2D eigenvalue weighted by molar-refractivity contribution is 5.92. The fourth-order valence-corrected chi connectivity index (χ4v) is 1.67. The second kappa shape index (κ2) is 4.28. The molecule has 0 radical (unpaired) electrons. The molecule has 0 aliphatic heterocycles. The fraction of sp³-hybridized carbons (Fsp3) is 0.250. The van der Waals surface area contributed by atoms with Gasteiger partial charge in [0, 0.05) is 23.8 Å². The molecule has 78 valence electrons. The molecular formula is C12H14N2O. The van der Waals surface area contributed by atoms with E-state index in [1.807, 2.05) is 31.2 Å². The second-order valence-electron chi connectivity index (χ2n) is 3.48. The van der Waals surface area contributed by atoms with Crippen molar-refractivity contribution in [2.45, 2.75) is 6.92 Å². The minimum Gasteiger partial charge on any atom is -0.395 e. The SMILES string of the molecule is Cc1cccc2c(NCCO)ccnc12. The van der Waals surface area contributed by atoms with E-state index in [0.717, 1.165) is 16.6 Å². The van der Waals surface area contributed by atoms with E-state index in [2.05, 4.69) is 10.3 Å². The number of benzene rings is 1. The summed E-state index contributed by atoms with van der Waals surface area (Å²) >= 11 is 0. The van der Waals surface area contributed by atoms with Gasteiger partial charge < -0.3 is 10.4 Å². The topological polar surface area (TPSA) is 45.1 Å². The molecule has 15 heavy (non-hydrogen) atoms. The second-order valence-corrected chi connectivity index (χ2v) is 3.48. The number of nitrogens with one attached hydrogen (secondary N) is 1. The fourth-order valence-electron chi connectivity index (χ4n) is 1.67. The molecule has 1 heterocycles. The van der Waals surface area contributed by atoms with Gasteiger partial charge in [-0.15, -0.1) is 0 Å². The number of rotatable bonds is 3. The van der Waals surface area contributed by atoms with Crippen LogP contribution >= 0.6 is 0 Å². The van der Waals surface area contributed by atoms with Crippen LogP contribution in [0, 0.1) is 6.92 Å². The zero-order valence-corrected chi connectivity index (χ0v) is 8.70. The molecule has 0 fully saturated rings. The van der Waals surface area contributed by atoms with E-state index in [9.17, 15) is 0 Å². The Morgan fingerprint density at radius 3 is 3.00 bits per heavy atom. The van der Waals surface area contributed by atoms with Crippen molar-refractivity contribution in [3.05, 3.63) is 36.0 Å². The smallest absolute Gasteiger partial charge is 0.0751 e. The molecule has 0 unspecified atom stereocenters. The normalized spacial score (nSPS) is 10.5. The van der Waals surface area contributed by atoms with Crippen LogP contribution in [0.25, 0.3) is 10.9 Å². The van der Waals surface area contributed by atoms with Crippen LogP contribution in [-0.2, 0) is 0 Å². The standard InChI is InChI=1S/C12H14N2O/c1-9-3-2-4-10-11(13-7-8-15)5-6-14-12(9)10/h2-6,15H,7-8H2,1H3,(H,13,14). The molecule has 1 aromatic heterocycles. The van der Waals surface area contributed by atoms with Crippen LogP contribution in [0.1, 0.15) is 5.56 Å². The molecule has 0 atom stereocenters. The van der Waals surface area contributed by atoms with Gasteiger partial charge in [0.25, 0.3) is 0 Å². The number of pyridine rings is 1. The number of anilines is 1. The third kappa shape index (κ3) is 1.92. The average Bonchev–Trinajstić information content (AvgIpc) is 2.27. The number of fused-ring (bicyclic) bond motifs is 1. The summed E-state index contributed by atoms with van der Waals surface area (Å²) in [5.74, 6) is 0. The zero-order valence-electron chi connectivity index (χ0n) is 8.70. The van der Waals surface area contributed by atoms with Crippen LogP contribution in [0.3, 0.4) is 0 Å².